The molecule has 0 spiro atoms. The van der Waals surface area contributed by atoms with Gasteiger partial charge in [-0.05, 0) is 30.1 Å². The molecule has 1 aromatic rings. The fourth-order valence-electron chi connectivity index (χ4n) is 2.02. The van der Waals surface area contributed by atoms with Crippen LogP contribution >= 0.6 is 0 Å². The zero-order valence-corrected chi connectivity index (χ0v) is 11.0. The maximum atomic E-state index is 8.76. The van der Waals surface area contributed by atoms with E-state index in [1.165, 1.54) is 0 Å². The van der Waals surface area contributed by atoms with Gasteiger partial charge in [-0.25, -0.2) is 0 Å². The van der Waals surface area contributed by atoms with Crippen LogP contribution in [0.1, 0.15) is 18.4 Å². The highest BCUT2D eigenvalue weighted by Gasteiger charge is 2.17. The van der Waals surface area contributed by atoms with Crippen LogP contribution in [0.2, 0.25) is 0 Å². The molecule has 0 N–H and O–H groups in total. The summed E-state index contributed by atoms with van der Waals surface area (Å²) in [5.41, 5.74) is 1.11. The number of allylic oxidation sites excluding steroid dienone is 2. The van der Waals surface area contributed by atoms with E-state index >= 15 is 0 Å². The van der Waals surface area contributed by atoms with Gasteiger partial charge in [-0.1, -0.05) is 30.3 Å². The minimum Gasteiger partial charge on any atom is -0.493 e. The quantitative estimate of drug-likeness (QED) is 0.808. The predicted octanol–water partition coefficient (Wildman–Crippen LogP) is 3.55. The van der Waals surface area contributed by atoms with Crippen molar-refractivity contribution >= 4 is 0 Å². The fraction of sp³-hybridized carbons (Fsp3) is 0.312. The van der Waals surface area contributed by atoms with Gasteiger partial charge in [0.25, 0.3) is 0 Å². The minimum atomic E-state index is 0.217. The van der Waals surface area contributed by atoms with Gasteiger partial charge in [0, 0.05) is 6.42 Å². The van der Waals surface area contributed by atoms with Crippen LogP contribution in [-0.2, 0) is 16.1 Å². The van der Waals surface area contributed by atoms with E-state index in [9.17, 15) is 0 Å². The van der Waals surface area contributed by atoms with Crippen molar-refractivity contribution in [2.45, 2.75) is 19.4 Å². The molecule has 1 atom stereocenters. The molecule has 1 aromatic carbocycles. The van der Waals surface area contributed by atoms with Crippen molar-refractivity contribution in [2.24, 2.45) is 5.92 Å². The summed E-state index contributed by atoms with van der Waals surface area (Å²) in [5.74, 6) is 1.71. The van der Waals surface area contributed by atoms with E-state index in [1.807, 2.05) is 42.5 Å². The smallest absolute Gasteiger partial charge is 0.157 e. The Morgan fingerprint density at radius 1 is 1.26 bits per heavy atom. The maximum Gasteiger partial charge on any atom is 0.157 e. The Morgan fingerprint density at radius 3 is 2.74 bits per heavy atom. The average molecular weight is 255 g/mol. The molecule has 3 nitrogen and oxygen atoms in total. The molecule has 0 radical (unpaired) electrons. The largest absolute Gasteiger partial charge is 0.493 e. The van der Waals surface area contributed by atoms with Crippen LogP contribution in [0, 0.1) is 17.2 Å². The van der Waals surface area contributed by atoms with E-state index in [-0.39, 0.29) is 5.92 Å². The average Bonchev–Trinajstić information content (AvgIpc) is 2.47. The highest BCUT2D eigenvalue weighted by Crippen LogP contribution is 2.26. The second-order valence-electron chi connectivity index (χ2n) is 4.44. The number of ether oxygens (including phenoxy) is 2. The Balaban J connectivity index is 2.03. The zero-order chi connectivity index (χ0) is 13.5. The third kappa shape index (κ3) is 3.62. The van der Waals surface area contributed by atoms with Crippen molar-refractivity contribution < 1.29 is 9.47 Å². The summed E-state index contributed by atoms with van der Waals surface area (Å²) in [6.45, 7) is 0.507. The molecule has 0 bridgehead atoms. The van der Waals surface area contributed by atoms with Crippen LogP contribution in [-0.4, -0.2) is 7.11 Å². The van der Waals surface area contributed by atoms with Crippen molar-refractivity contribution in [3.05, 3.63) is 59.6 Å². The molecule has 3 heteroatoms. The summed E-state index contributed by atoms with van der Waals surface area (Å²) < 4.78 is 11.1. The van der Waals surface area contributed by atoms with Crippen LogP contribution in [0.15, 0.2) is 54.0 Å². The van der Waals surface area contributed by atoms with Crippen LogP contribution < -0.4 is 0 Å². The number of methoxy groups -OCH3 is 1. The molecule has 0 heterocycles. The Morgan fingerprint density at radius 2 is 2.05 bits per heavy atom. The molecular formula is C16H17NO2. The van der Waals surface area contributed by atoms with Crippen molar-refractivity contribution in [1.82, 2.24) is 0 Å². The topological polar surface area (TPSA) is 42.2 Å². The first kappa shape index (κ1) is 13.2. The second kappa shape index (κ2) is 6.65. The highest BCUT2D eigenvalue weighted by atomic mass is 16.5. The van der Waals surface area contributed by atoms with Crippen LogP contribution in [0.25, 0.3) is 0 Å². The van der Waals surface area contributed by atoms with Gasteiger partial charge < -0.3 is 9.47 Å². The molecule has 0 fully saturated rings. The monoisotopic (exact) mass is 255 g/mol. The third-order valence-corrected chi connectivity index (χ3v) is 3.05. The van der Waals surface area contributed by atoms with Gasteiger partial charge in [0.2, 0.25) is 0 Å². The van der Waals surface area contributed by atoms with Gasteiger partial charge in [0.15, 0.2) is 11.5 Å². The molecule has 1 aliphatic carbocycles. The van der Waals surface area contributed by atoms with E-state index in [1.54, 1.807) is 7.11 Å². The first-order valence-electron chi connectivity index (χ1n) is 6.33. The predicted molar refractivity (Wildman–Crippen MR) is 72.7 cm³/mol. The molecule has 0 aliphatic heterocycles. The zero-order valence-electron chi connectivity index (χ0n) is 11.0. The van der Waals surface area contributed by atoms with Crippen molar-refractivity contribution in [1.29, 1.82) is 5.26 Å². The number of rotatable bonds is 5. The summed E-state index contributed by atoms with van der Waals surface area (Å²) >= 11 is 0. The van der Waals surface area contributed by atoms with Gasteiger partial charge in [-0.15, -0.1) is 0 Å². The first-order valence-corrected chi connectivity index (χ1v) is 6.33. The Kier molecular flexibility index (Phi) is 4.63. The van der Waals surface area contributed by atoms with E-state index in [0.29, 0.717) is 13.0 Å². The van der Waals surface area contributed by atoms with Gasteiger partial charge in [0.05, 0.1) is 13.2 Å². The summed E-state index contributed by atoms with van der Waals surface area (Å²) in [7, 11) is 1.64. The lowest BCUT2D eigenvalue weighted by atomic mass is 9.96. The lowest BCUT2D eigenvalue weighted by molar-refractivity contribution is 0.160. The van der Waals surface area contributed by atoms with Crippen LogP contribution in [0.4, 0.5) is 0 Å². The number of hydrogen-bond acceptors (Lipinski definition) is 3. The molecule has 1 unspecified atom stereocenters. The number of benzene rings is 1. The Labute approximate surface area is 113 Å². The van der Waals surface area contributed by atoms with Crippen molar-refractivity contribution in [2.75, 3.05) is 7.11 Å². The molecule has 0 saturated heterocycles. The molecule has 0 aromatic heterocycles. The molecule has 0 amide bonds. The molecule has 98 valence electrons. The summed E-state index contributed by atoms with van der Waals surface area (Å²) in [6.07, 6.45) is 5.31. The Bertz CT molecular complexity index is 511. The van der Waals surface area contributed by atoms with Gasteiger partial charge in [-0.2, -0.15) is 5.26 Å². The number of nitrogens with zero attached hydrogens (tertiary/aromatic N) is 1. The van der Waals surface area contributed by atoms with E-state index < -0.39 is 0 Å². The number of hydrogen-bond donors (Lipinski definition) is 0. The maximum absolute atomic E-state index is 8.76. The number of nitriles is 1. The molecule has 19 heavy (non-hydrogen) atoms. The lowest BCUT2D eigenvalue weighted by Gasteiger charge is -2.20. The first-order chi connectivity index (χ1) is 9.33. The molecular weight excluding hydrogens is 238 g/mol. The SMILES string of the molecule is COC1=CCC(CC#N)C=C1OCc1ccccc1. The summed E-state index contributed by atoms with van der Waals surface area (Å²) in [4.78, 5) is 0. The summed E-state index contributed by atoms with van der Waals surface area (Å²) in [6, 6.07) is 12.2. The van der Waals surface area contributed by atoms with Gasteiger partial charge in [-0.3, -0.25) is 0 Å². The molecule has 1 aliphatic rings. The van der Waals surface area contributed by atoms with Crippen molar-refractivity contribution in [3.63, 3.8) is 0 Å². The fourth-order valence-corrected chi connectivity index (χ4v) is 2.02. The van der Waals surface area contributed by atoms with E-state index in [0.717, 1.165) is 23.5 Å². The molecule has 2 rings (SSSR count). The molecule has 0 saturated carbocycles. The van der Waals surface area contributed by atoms with Crippen molar-refractivity contribution in [3.8, 4) is 6.07 Å². The lowest BCUT2D eigenvalue weighted by Crippen LogP contribution is -2.08. The normalized spacial score (nSPS) is 18.0. The minimum absolute atomic E-state index is 0.217. The standard InChI is InChI=1S/C16H17NO2/c1-18-15-8-7-13(9-10-17)11-16(15)19-12-14-5-3-2-4-6-14/h2-6,8,11,13H,7,9,12H2,1H3. The van der Waals surface area contributed by atoms with Gasteiger partial charge in [0.1, 0.15) is 6.61 Å². The van der Waals surface area contributed by atoms with E-state index in [2.05, 4.69) is 6.07 Å². The van der Waals surface area contributed by atoms with Gasteiger partial charge >= 0.3 is 0 Å². The third-order valence-electron chi connectivity index (χ3n) is 3.05. The van der Waals surface area contributed by atoms with E-state index in [4.69, 9.17) is 14.7 Å². The van der Waals surface area contributed by atoms with Crippen LogP contribution in [0.3, 0.4) is 0 Å². The Hall–Kier alpha value is -2.21. The highest BCUT2D eigenvalue weighted by molar-refractivity contribution is 5.26. The second-order valence-corrected chi connectivity index (χ2v) is 4.44. The summed E-state index contributed by atoms with van der Waals surface area (Å²) in [5, 5.41) is 8.76. The van der Waals surface area contributed by atoms with Crippen LogP contribution in [0.5, 0.6) is 0 Å².